The second-order valence-corrected chi connectivity index (χ2v) is 6.37. The number of carboxylic acids is 1. The Morgan fingerprint density at radius 3 is 2.15 bits per heavy atom. The summed E-state index contributed by atoms with van der Waals surface area (Å²) in [7, 11) is -4.20. The molecule has 20 heavy (non-hydrogen) atoms. The molecular weight excluding hydrogens is 331 g/mol. The molecule has 7 nitrogen and oxygen atoms in total. The minimum atomic E-state index is -4.20. The quantitative estimate of drug-likeness (QED) is 0.698. The smallest absolute Gasteiger partial charge is 0.322 e. The summed E-state index contributed by atoms with van der Waals surface area (Å²) in [4.78, 5) is 21.3. The molecule has 0 heterocycles. The van der Waals surface area contributed by atoms with Crippen molar-refractivity contribution in [2.45, 2.75) is 17.4 Å². The first-order valence-electron chi connectivity index (χ1n) is 5.11. The molecule has 0 bridgehead atoms. The van der Waals surface area contributed by atoms with Crippen LogP contribution in [0.4, 0.5) is 0 Å². The Morgan fingerprint density at radius 1 is 1.25 bits per heavy atom. The van der Waals surface area contributed by atoms with Gasteiger partial charge in [-0.1, -0.05) is 23.2 Å². The normalized spacial score (nSPS) is 12.9. The van der Waals surface area contributed by atoms with E-state index in [1.54, 1.807) is 0 Å². The van der Waals surface area contributed by atoms with Crippen LogP contribution in [0.5, 0.6) is 0 Å². The van der Waals surface area contributed by atoms with Crippen LogP contribution in [0.2, 0.25) is 10.0 Å². The van der Waals surface area contributed by atoms with Crippen molar-refractivity contribution < 1.29 is 23.1 Å². The van der Waals surface area contributed by atoms with Gasteiger partial charge in [-0.3, -0.25) is 9.59 Å². The molecular formula is C10H10Cl2N2O5S. The van der Waals surface area contributed by atoms with Crippen LogP contribution in [0.15, 0.2) is 23.1 Å². The number of primary amides is 1. The topological polar surface area (TPSA) is 127 Å². The van der Waals surface area contributed by atoms with Gasteiger partial charge >= 0.3 is 5.97 Å². The van der Waals surface area contributed by atoms with Gasteiger partial charge in [0, 0.05) is 10.0 Å². The van der Waals surface area contributed by atoms with E-state index in [1.165, 1.54) is 6.07 Å². The monoisotopic (exact) mass is 340 g/mol. The zero-order valence-corrected chi connectivity index (χ0v) is 12.2. The lowest BCUT2D eigenvalue weighted by Gasteiger charge is -2.13. The number of carboxylic acid groups (broad SMARTS) is 1. The van der Waals surface area contributed by atoms with E-state index in [9.17, 15) is 18.0 Å². The molecule has 0 fully saturated rings. The van der Waals surface area contributed by atoms with Crippen molar-refractivity contribution in [2.75, 3.05) is 0 Å². The van der Waals surface area contributed by atoms with Gasteiger partial charge in [0.25, 0.3) is 0 Å². The summed E-state index contributed by atoms with van der Waals surface area (Å²) in [6.07, 6.45) is -0.678. The number of nitrogens with one attached hydrogen (secondary N) is 1. The Morgan fingerprint density at radius 2 is 1.75 bits per heavy atom. The molecule has 1 amide bonds. The number of nitrogens with two attached hydrogens (primary N) is 1. The average molecular weight is 341 g/mol. The fourth-order valence-corrected chi connectivity index (χ4v) is 3.23. The first-order chi connectivity index (χ1) is 9.11. The Hall–Kier alpha value is -1.35. The highest BCUT2D eigenvalue weighted by Gasteiger charge is 2.27. The SMILES string of the molecule is NC(=O)C[C@H](NS(=O)(=O)c1cc(Cl)cc(Cl)c1)C(=O)O. The number of hydrogen-bond acceptors (Lipinski definition) is 4. The summed E-state index contributed by atoms with van der Waals surface area (Å²) in [5.74, 6) is -2.48. The molecule has 1 atom stereocenters. The van der Waals surface area contributed by atoms with Gasteiger partial charge in [0.2, 0.25) is 15.9 Å². The van der Waals surface area contributed by atoms with E-state index in [1.807, 2.05) is 4.72 Å². The van der Waals surface area contributed by atoms with Gasteiger partial charge in [0.15, 0.2) is 0 Å². The van der Waals surface area contributed by atoms with Crippen LogP contribution in [0.25, 0.3) is 0 Å². The summed E-state index contributed by atoms with van der Waals surface area (Å²) in [5.41, 5.74) is 4.86. The zero-order chi connectivity index (χ0) is 15.5. The van der Waals surface area contributed by atoms with Crippen LogP contribution in [0, 0.1) is 0 Å². The number of sulfonamides is 1. The maximum Gasteiger partial charge on any atom is 0.322 e. The highest BCUT2D eigenvalue weighted by Crippen LogP contribution is 2.22. The highest BCUT2D eigenvalue weighted by atomic mass is 35.5. The number of halogens is 2. The minimum absolute atomic E-state index is 0.0691. The van der Waals surface area contributed by atoms with E-state index >= 15 is 0 Å². The van der Waals surface area contributed by atoms with Gasteiger partial charge in [-0.2, -0.15) is 4.72 Å². The van der Waals surface area contributed by atoms with Crippen molar-refractivity contribution in [1.29, 1.82) is 0 Å². The molecule has 4 N–H and O–H groups in total. The maximum atomic E-state index is 12.0. The van der Waals surface area contributed by atoms with Crippen LogP contribution in [0.1, 0.15) is 6.42 Å². The van der Waals surface area contributed by atoms with Crippen molar-refractivity contribution in [2.24, 2.45) is 5.73 Å². The summed E-state index contributed by atoms with van der Waals surface area (Å²) in [5, 5.41) is 8.99. The molecule has 10 heteroatoms. The van der Waals surface area contributed by atoms with Gasteiger partial charge in [0.05, 0.1) is 11.3 Å². The van der Waals surface area contributed by atoms with Crippen LogP contribution in [0.3, 0.4) is 0 Å². The molecule has 110 valence electrons. The molecule has 1 rings (SSSR count). The lowest BCUT2D eigenvalue weighted by molar-refractivity contribution is -0.140. The molecule has 0 unspecified atom stereocenters. The van der Waals surface area contributed by atoms with E-state index in [-0.39, 0.29) is 14.9 Å². The molecule has 0 aliphatic heterocycles. The maximum absolute atomic E-state index is 12.0. The van der Waals surface area contributed by atoms with Gasteiger partial charge in [-0.15, -0.1) is 0 Å². The van der Waals surface area contributed by atoms with Crippen LogP contribution in [-0.4, -0.2) is 31.4 Å². The van der Waals surface area contributed by atoms with Crippen LogP contribution < -0.4 is 10.5 Å². The third-order valence-electron chi connectivity index (χ3n) is 2.15. The fourth-order valence-electron chi connectivity index (χ4n) is 1.32. The number of aliphatic carboxylic acids is 1. The van der Waals surface area contributed by atoms with Crippen LogP contribution >= 0.6 is 23.2 Å². The second kappa shape index (κ2) is 6.40. The van der Waals surface area contributed by atoms with Crippen molar-refractivity contribution in [3.05, 3.63) is 28.2 Å². The minimum Gasteiger partial charge on any atom is -0.480 e. The highest BCUT2D eigenvalue weighted by molar-refractivity contribution is 7.89. The predicted molar refractivity (Wildman–Crippen MR) is 72.0 cm³/mol. The van der Waals surface area contributed by atoms with Gasteiger partial charge in [-0.25, -0.2) is 8.42 Å². The van der Waals surface area contributed by atoms with Gasteiger partial charge in [0.1, 0.15) is 6.04 Å². The van der Waals surface area contributed by atoms with Crippen molar-refractivity contribution in [1.82, 2.24) is 4.72 Å². The Balaban J connectivity index is 3.09. The fraction of sp³-hybridized carbons (Fsp3) is 0.200. The summed E-state index contributed by atoms with van der Waals surface area (Å²) >= 11 is 11.3. The molecule has 0 aliphatic carbocycles. The van der Waals surface area contributed by atoms with Crippen molar-refractivity contribution >= 4 is 45.1 Å². The second-order valence-electron chi connectivity index (χ2n) is 3.79. The van der Waals surface area contributed by atoms with Gasteiger partial charge in [-0.05, 0) is 18.2 Å². The largest absolute Gasteiger partial charge is 0.480 e. The van der Waals surface area contributed by atoms with Crippen LogP contribution in [-0.2, 0) is 19.6 Å². The zero-order valence-electron chi connectivity index (χ0n) is 9.84. The van der Waals surface area contributed by atoms with E-state index in [2.05, 4.69) is 0 Å². The molecule has 0 aromatic heterocycles. The molecule has 0 aliphatic rings. The van der Waals surface area contributed by atoms with E-state index in [0.717, 1.165) is 12.1 Å². The number of hydrogen-bond donors (Lipinski definition) is 3. The molecule has 0 spiro atoms. The summed E-state index contributed by atoms with van der Waals surface area (Å²) < 4.78 is 25.8. The van der Waals surface area contributed by atoms with E-state index in [0.29, 0.717) is 0 Å². The summed E-state index contributed by atoms with van der Waals surface area (Å²) in [6.45, 7) is 0. The number of carbonyl (C=O) groups excluding carboxylic acids is 1. The first kappa shape index (κ1) is 16.7. The number of amides is 1. The number of benzene rings is 1. The number of carbonyl (C=O) groups is 2. The Labute approximate surface area is 124 Å². The van der Waals surface area contributed by atoms with E-state index < -0.39 is 34.4 Å². The Bertz CT molecular complexity index is 627. The molecule has 0 saturated heterocycles. The van der Waals surface area contributed by atoms with Crippen molar-refractivity contribution in [3.8, 4) is 0 Å². The Kier molecular flexibility index (Phi) is 5.35. The predicted octanol–water partition coefficient (Wildman–Crippen LogP) is 0.600. The first-order valence-corrected chi connectivity index (χ1v) is 7.35. The van der Waals surface area contributed by atoms with E-state index in [4.69, 9.17) is 34.0 Å². The lowest BCUT2D eigenvalue weighted by Crippen LogP contribution is -2.43. The number of rotatable bonds is 6. The molecule has 0 saturated carbocycles. The summed E-state index contributed by atoms with van der Waals surface area (Å²) in [6, 6.07) is 1.84. The average Bonchev–Trinajstić information content (AvgIpc) is 2.25. The molecule has 1 aromatic rings. The van der Waals surface area contributed by atoms with Crippen molar-refractivity contribution in [3.63, 3.8) is 0 Å². The third-order valence-corrected chi connectivity index (χ3v) is 4.03. The standard InChI is InChI=1S/C10H10Cl2N2O5S/c11-5-1-6(12)3-7(2-5)20(18,19)14-8(10(16)17)4-9(13)15/h1-3,8,14H,4H2,(H2,13,15)(H,16,17)/t8-/m0/s1. The lowest BCUT2D eigenvalue weighted by atomic mass is 10.2. The molecule has 0 radical (unpaired) electrons. The third kappa shape index (κ3) is 4.64. The molecule has 1 aromatic carbocycles. The van der Waals surface area contributed by atoms with Gasteiger partial charge < -0.3 is 10.8 Å².